The van der Waals surface area contributed by atoms with Crippen molar-refractivity contribution in [2.24, 2.45) is 0 Å². The lowest BCUT2D eigenvalue weighted by molar-refractivity contribution is -0.137. The molecule has 1 heterocycles. The van der Waals surface area contributed by atoms with E-state index in [1.54, 1.807) is 6.07 Å². The summed E-state index contributed by atoms with van der Waals surface area (Å²) in [4.78, 5) is 23.1. The molecule has 1 aromatic carbocycles. The first-order chi connectivity index (χ1) is 10.4. The van der Waals surface area contributed by atoms with E-state index >= 15 is 0 Å². The second-order valence-electron chi connectivity index (χ2n) is 5.14. The number of rotatable bonds is 4. The van der Waals surface area contributed by atoms with Crippen LogP contribution in [0, 0.1) is 25.2 Å². The standard InChI is InChI=1S/C17H16N2O3/c1-11-3-4-13(9-12(11)2)15-6-5-14(10-18)17(22)19(15)8-7-16(20)21/h3-6,9H,7-8H2,1-2H3,(H,20,21). The highest BCUT2D eigenvalue weighted by Gasteiger charge is 2.12. The van der Waals surface area contributed by atoms with E-state index in [-0.39, 0.29) is 18.5 Å². The third-order valence-electron chi connectivity index (χ3n) is 3.65. The fraction of sp³-hybridized carbons (Fsp3) is 0.235. The predicted octanol–water partition coefficient (Wildman–Crippen LogP) is 2.48. The molecule has 0 unspecified atom stereocenters. The van der Waals surface area contributed by atoms with Crippen LogP contribution in [0.1, 0.15) is 23.1 Å². The van der Waals surface area contributed by atoms with Gasteiger partial charge in [0.15, 0.2) is 0 Å². The molecule has 0 saturated carbocycles. The van der Waals surface area contributed by atoms with Crippen molar-refractivity contribution in [3.8, 4) is 17.3 Å². The van der Waals surface area contributed by atoms with Gasteiger partial charge in [0.05, 0.1) is 12.1 Å². The Kier molecular flexibility index (Phi) is 4.42. The summed E-state index contributed by atoms with van der Waals surface area (Å²) in [6, 6.07) is 10.8. The molecule has 0 radical (unpaired) electrons. The van der Waals surface area contributed by atoms with Crippen LogP contribution >= 0.6 is 0 Å². The summed E-state index contributed by atoms with van der Waals surface area (Å²) in [7, 11) is 0. The van der Waals surface area contributed by atoms with E-state index in [1.807, 2.05) is 38.1 Å². The van der Waals surface area contributed by atoms with Crippen molar-refractivity contribution in [3.05, 3.63) is 57.4 Å². The van der Waals surface area contributed by atoms with Crippen molar-refractivity contribution in [1.29, 1.82) is 5.26 Å². The first-order valence-electron chi connectivity index (χ1n) is 6.87. The monoisotopic (exact) mass is 296 g/mol. The van der Waals surface area contributed by atoms with Crippen LogP contribution in [0.2, 0.25) is 0 Å². The average Bonchev–Trinajstić information content (AvgIpc) is 2.48. The molecule has 0 aliphatic heterocycles. The molecule has 0 amide bonds. The van der Waals surface area contributed by atoms with Gasteiger partial charge in [-0.2, -0.15) is 5.26 Å². The molecule has 2 aromatic rings. The third kappa shape index (κ3) is 3.07. The average molecular weight is 296 g/mol. The second kappa shape index (κ2) is 6.27. The number of hydrogen-bond acceptors (Lipinski definition) is 3. The van der Waals surface area contributed by atoms with Gasteiger partial charge in [0.1, 0.15) is 11.6 Å². The summed E-state index contributed by atoms with van der Waals surface area (Å²) in [5.41, 5.74) is 3.22. The molecule has 0 atom stereocenters. The molecule has 5 nitrogen and oxygen atoms in total. The van der Waals surface area contributed by atoms with E-state index in [2.05, 4.69) is 0 Å². The van der Waals surface area contributed by atoms with E-state index in [4.69, 9.17) is 10.4 Å². The van der Waals surface area contributed by atoms with E-state index < -0.39 is 11.5 Å². The quantitative estimate of drug-likeness (QED) is 0.939. The molecule has 0 aliphatic carbocycles. The SMILES string of the molecule is Cc1ccc(-c2ccc(C#N)c(=O)n2CCC(=O)O)cc1C. The molecule has 0 aliphatic rings. The summed E-state index contributed by atoms with van der Waals surface area (Å²) >= 11 is 0. The maximum Gasteiger partial charge on any atom is 0.305 e. The topological polar surface area (TPSA) is 83.1 Å². The van der Waals surface area contributed by atoms with Crippen molar-refractivity contribution in [1.82, 2.24) is 4.57 Å². The Morgan fingerprint density at radius 1 is 1.23 bits per heavy atom. The van der Waals surface area contributed by atoms with Gasteiger partial charge in [-0.05, 0) is 48.7 Å². The molecule has 0 bridgehead atoms. The Morgan fingerprint density at radius 3 is 2.55 bits per heavy atom. The zero-order chi connectivity index (χ0) is 16.3. The van der Waals surface area contributed by atoms with Crippen LogP contribution in [0.5, 0.6) is 0 Å². The van der Waals surface area contributed by atoms with Gasteiger partial charge in [-0.25, -0.2) is 0 Å². The zero-order valence-corrected chi connectivity index (χ0v) is 12.5. The number of aryl methyl sites for hydroxylation is 2. The van der Waals surface area contributed by atoms with Gasteiger partial charge < -0.3 is 9.67 Å². The zero-order valence-electron chi connectivity index (χ0n) is 12.5. The van der Waals surface area contributed by atoms with Gasteiger partial charge in [0.2, 0.25) is 0 Å². The van der Waals surface area contributed by atoms with Crippen molar-refractivity contribution < 1.29 is 9.90 Å². The Balaban J connectivity index is 2.61. The van der Waals surface area contributed by atoms with Crippen LogP contribution < -0.4 is 5.56 Å². The number of pyridine rings is 1. The number of nitriles is 1. The van der Waals surface area contributed by atoms with E-state index in [1.165, 1.54) is 10.6 Å². The van der Waals surface area contributed by atoms with Crippen molar-refractivity contribution in [2.45, 2.75) is 26.8 Å². The first kappa shape index (κ1) is 15.5. The highest BCUT2D eigenvalue weighted by Crippen LogP contribution is 2.21. The van der Waals surface area contributed by atoms with Crippen LogP contribution in [-0.2, 0) is 11.3 Å². The first-order valence-corrected chi connectivity index (χ1v) is 6.87. The van der Waals surface area contributed by atoms with E-state index in [0.717, 1.165) is 16.7 Å². The van der Waals surface area contributed by atoms with Crippen LogP contribution in [-0.4, -0.2) is 15.6 Å². The van der Waals surface area contributed by atoms with Crippen LogP contribution in [0.25, 0.3) is 11.3 Å². The molecule has 2 rings (SSSR count). The molecule has 0 saturated heterocycles. The molecular weight excluding hydrogens is 280 g/mol. The van der Waals surface area contributed by atoms with Crippen LogP contribution in [0.15, 0.2) is 35.1 Å². The maximum absolute atomic E-state index is 12.3. The van der Waals surface area contributed by atoms with Crippen LogP contribution in [0.4, 0.5) is 0 Å². The van der Waals surface area contributed by atoms with Crippen molar-refractivity contribution in [3.63, 3.8) is 0 Å². The fourth-order valence-electron chi connectivity index (χ4n) is 2.25. The van der Waals surface area contributed by atoms with Crippen LogP contribution in [0.3, 0.4) is 0 Å². The van der Waals surface area contributed by atoms with Crippen molar-refractivity contribution in [2.75, 3.05) is 0 Å². The van der Waals surface area contributed by atoms with Gasteiger partial charge in [0.25, 0.3) is 5.56 Å². The van der Waals surface area contributed by atoms with E-state index in [9.17, 15) is 9.59 Å². The van der Waals surface area contributed by atoms with Crippen molar-refractivity contribution >= 4 is 5.97 Å². The second-order valence-corrected chi connectivity index (χ2v) is 5.14. The molecule has 0 fully saturated rings. The summed E-state index contributed by atoms with van der Waals surface area (Å²) in [5.74, 6) is -0.986. The largest absolute Gasteiger partial charge is 0.481 e. The minimum Gasteiger partial charge on any atom is -0.481 e. The summed E-state index contributed by atoms with van der Waals surface area (Å²) in [6.07, 6.45) is -0.174. The predicted molar refractivity (Wildman–Crippen MR) is 82.6 cm³/mol. The summed E-state index contributed by atoms with van der Waals surface area (Å²) < 4.78 is 1.36. The number of carboxylic acids is 1. The molecule has 0 spiro atoms. The lowest BCUT2D eigenvalue weighted by atomic mass is 10.0. The Bertz CT molecular complexity index is 829. The van der Waals surface area contributed by atoms with Gasteiger partial charge in [-0.1, -0.05) is 12.1 Å². The third-order valence-corrected chi connectivity index (χ3v) is 3.65. The normalized spacial score (nSPS) is 10.2. The summed E-state index contributed by atoms with van der Waals surface area (Å²) in [5, 5.41) is 17.8. The molecule has 1 N–H and O–H groups in total. The Labute approximate surface area is 128 Å². The minimum atomic E-state index is -0.986. The van der Waals surface area contributed by atoms with Gasteiger partial charge >= 0.3 is 5.97 Å². The number of benzene rings is 1. The Hall–Kier alpha value is -2.87. The highest BCUT2D eigenvalue weighted by atomic mass is 16.4. The summed E-state index contributed by atoms with van der Waals surface area (Å²) in [6.45, 7) is 4.00. The molecule has 5 heteroatoms. The maximum atomic E-state index is 12.3. The Morgan fingerprint density at radius 2 is 1.95 bits per heavy atom. The molecule has 22 heavy (non-hydrogen) atoms. The number of hydrogen-bond donors (Lipinski definition) is 1. The number of nitrogens with zero attached hydrogens (tertiary/aromatic N) is 2. The molecule has 1 aromatic heterocycles. The fourth-order valence-corrected chi connectivity index (χ4v) is 2.25. The highest BCUT2D eigenvalue weighted by molar-refractivity contribution is 5.67. The number of carbonyl (C=O) groups is 1. The van der Waals surface area contributed by atoms with Gasteiger partial charge in [-0.3, -0.25) is 9.59 Å². The van der Waals surface area contributed by atoms with E-state index in [0.29, 0.717) is 5.69 Å². The smallest absolute Gasteiger partial charge is 0.305 e. The number of carboxylic acid groups (broad SMARTS) is 1. The molecular formula is C17H16N2O3. The lowest BCUT2D eigenvalue weighted by Gasteiger charge is -2.13. The number of aliphatic carboxylic acids is 1. The minimum absolute atomic E-state index is 0.0120. The van der Waals surface area contributed by atoms with Gasteiger partial charge in [0, 0.05) is 6.54 Å². The molecule has 112 valence electrons. The number of aromatic nitrogens is 1. The lowest BCUT2D eigenvalue weighted by Crippen LogP contribution is -2.25. The van der Waals surface area contributed by atoms with Gasteiger partial charge in [-0.15, -0.1) is 0 Å².